The third-order valence-electron chi connectivity index (χ3n) is 5.94. The van der Waals surface area contributed by atoms with Gasteiger partial charge >= 0.3 is 6.03 Å². The molecule has 3 rings (SSSR count). The molecular formula is C20H32N4O. The lowest BCUT2D eigenvalue weighted by molar-refractivity contribution is 0.170. The second-order valence-corrected chi connectivity index (χ2v) is 7.59. The molecule has 2 fully saturated rings. The number of carbonyl (C=O) groups excluding carboxylic acids is 1. The maximum Gasteiger partial charge on any atom is 0.314 e. The topological polar surface area (TPSA) is 47.6 Å². The third kappa shape index (κ3) is 4.46. The van der Waals surface area contributed by atoms with Crippen LogP contribution in [0.25, 0.3) is 0 Å². The Morgan fingerprint density at radius 1 is 1.16 bits per heavy atom. The van der Waals surface area contributed by atoms with Gasteiger partial charge in [0.25, 0.3) is 0 Å². The van der Waals surface area contributed by atoms with E-state index < -0.39 is 0 Å². The first-order valence-corrected chi connectivity index (χ1v) is 9.58. The van der Waals surface area contributed by atoms with E-state index in [2.05, 4.69) is 52.5 Å². The smallest absolute Gasteiger partial charge is 0.314 e. The van der Waals surface area contributed by atoms with Crippen molar-refractivity contribution in [1.82, 2.24) is 15.5 Å². The van der Waals surface area contributed by atoms with E-state index in [-0.39, 0.29) is 6.03 Å². The first-order chi connectivity index (χ1) is 12.1. The first-order valence-electron chi connectivity index (χ1n) is 9.58. The molecule has 1 aliphatic carbocycles. The number of anilines is 1. The Balaban J connectivity index is 1.36. The monoisotopic (exact) mass is 344 g/mol. The van der Waals surface area contributed by atoms with Gasteiger partial charge in [-0.25, -0.2) is 4.79 Å². The summed E-state index contributed by atoms with van der Waals surface area (Å²) >= 11 is 0. The molecule has 5 nitrogen and oxygen atoms in total. The molecule has 2 N–H and O–H groups in total. The zero-order valence-electron chi connectivity index (χ0n) is 15.8. The van der Waals surface area contributed by atoms with Gasteiger partial charge in [-0.2, -0.15) is 0 Å². The van der Waals surface area contributed by atoms with Gasteiger partial charge in [-0.1, -0.05) is 12.1 Å². The molecule has 1 aromatic rings. The Morgan fingerprint density at radius 2 is 1.88 bits per heavy atom. The number of aryl methyl sites for hydroxylation is 1. The summed E-state index contributed by atoms with van der Waals surface area (Å²) in [7, 11) is 1.67. The van der Waals surface area contributed by atoms with Crippen LogP contribution in [0.5, 0.6) is 0 Å². The highest BCUT2D eigenvalue weighted by atomic mass is 16.2. The van der Waals surface area contributed by atoms with Crippen molar-refractivity contribution in [2.45, 2.75) is 39.2 Å². The second kappa shape index (κ2) is 8.09. The maximum absolute atomic E-state index is 11.3. The highest BCUT2D eigenvalue weighted by molar-refractivity contribution is 5.73. The van der Waals surface area contributed by atoms with Gasteiger partial charge in [-0.15, -0.1) is 0 Å². The SMILES string of the molecule is CNC(=O)NC1CC(CCN2CCN(c3cccc(C)c3C)CC2)C1. The lowest BCUT2D eigenvalue weighted by Crippen LogP contribution is -2.49. The third-order valence-corrected chi connectivity index (χ3v) is 5.94. The molecule has 2 aliphatic rings. The lowest BCUT2D eigenvalue weighted by Gasteiger charge is -2.40. The summed E-state index contributed by atoms with van der Waals surface area (Å²) in [5.74, 6) is 0.777. The summed E-state index contributed by atoms with van der Waals surface area (Å²) in [6.07, 6.45) is 3.53. The van der Waals surface area contributed by atoms with Crippen LogP contribution in [0.1, 0.15) is 30.4 Å². The predicted molar refractivity (Wildman–Crippen MR) is 103 cm³/mol. The van der Waals surface area contributed by atoms with Gasteiger partial charge in [-0.05, 0) is 62.8 Å². The fourth-order valence-electron chi connectivity index (χ4n) is 4.00. The van der Waals surface area contributed by atoms with Gasteiger partial charge in [0.1, 0.15) is 0 Å². The molecule has 25 heavy (non-hydrogen) atoms. The average Bonchev–Trinajstić information content (AvgIpc) is 2.59. The van der Waals surface area contributed by atoms with E-state index in [1.165, 1.54) is 29.8 Å². The zero-order valence-corrected chi connectivity index (χ0v) is 15.8. The molecule has 138 valence electrons. The molecule has 5 heteroatoms. The van der Waals surface area contributed by atoms with Crippen LogP contribution >= 0.6 is 0 Å². The standard InChI is InChI=1S/C20H32N4O/c1-15-5-4-6-19(16(15)2)24-11-9-23(10-12-24)8-7-17-13-18(14-17)22-20(25)21-3/h4-6,17-18H,7-14H2,1-3H3,(H2,21,22,25). The fourth-order valence-corrected chi connectivity index (χ4v) is 4.00. The average molecular weight is 345 g/mol. The van der Waals surface area contributed by atoms with Crippen LogP contribution < -0.4 is 15.5 Å². The van der Waals surface area contributed by atoms with Gasteiger partial charge in [0.05, 0.1) is 0 Å². The first kappa shape index (κ1) is 18.1. The summed E-state index contributed by atoms with van der Waals surface area (Å²) in [6, 6.07) is 6.95. The van der Waals surface area contributed by atoms with Crippen molar-refractivity contribution in [3.63, 3.8) is 0 Å². The van der Waals surface area contributed by atoms with Crippen LogP contribution in [0, 0.1) is 19.8 Å². The number of hydrogen-bond acceptors (Lipinski definition) is 3. The van der Waals surface area contributed by atoms with Crippen LogP contribution in [0.15, 0.2) is 18.2 Å². The minimum Gasteiger partial charge on any atom is -0.369 e. The predicted octanol–water partition coefficient (Wildman–Crippen LogP) is 2.52. The summed E-state index contributed by atoms with van der Waals surface area (Å²) in [6.45, 7) is 10.2. The van der Waals surface area contributed by atoms with Crippen molar-refractivity contribution in [2.75, 3.05) is 44.7 Å². The molecule has 0 radical (unpaired) electrons. The molecule has 2 amide bonds. The Kier molecular flexibility index (Phi) is 5.84. The van der Waals surface area contributed by atoms with Gasteiger partial charge in [-0.3, -0.25) is 4.90 Å². The Bertz CT molecular complexity index is 589. The van der Waals surface area contributed by atoms with Crippen LogP contribution in [-0.2, 0) is 0 Å². The van der Waals surface area contributed by atoms with Crippen molar-refractivity contribution in [1.29, 1.82) is 0 Å². The number of rotatable bonds is 5. The highest BCUT2D eigenvalue weighted by Crippen LogP contribution is 2.31. The minimum atomic E-state index is -0.0500. The van der Waals surface area contributed by atoms with Crippen molar-refractivity contribution >= 4 is 11.7 Å². The molecule has 0 spiro atoms. The van der Waals surface area contributed by atoms with Crippen LogP contribution in [-0.4, -0.2) is 56.7 Å². The van der Waals surface area contributed by atoms with Gasteiger partial charge in [0.15, 0.2) is 0 Å². The summed E-state index contributed by atoms with van der Waals surface area (Å²) in [5, 5.41) is 5.62. The van der Waals surface area contributed by atoms with E-state index in [0.29, 0.717) is 6.04 Å². The molecule has 0 aromatic heterocycles. The van der Waals surface area contributed by atoms with Crippen molar-refractivity contribution in [2.24, 2.45) is 5.92 Å². The fraction of sp³-hybridized carbons (Fsp3) is 0.650. The number of piperazine rings is 1. The van der Waals surface area contributed by atoms with Gasteiger partial charge in [0.2, 0.25) is 0 Å². The molecule has 0 bridgehead atoms. The number of hydrogen-bond donors (Lipinski definition) is 2. The molecule has 0 unspecified atom stereocenters. The van der Waals surface area contributed by atoms with E-state index in [4.69, 9.17) is 0 Å². The number of benzene rings is 1. The molecule has 1 aromatic carbocycles. The molecular weight excluding hydrogens is 312 g/mol. The van der Waals surface area contributed by atoms with Crippen LogP contribution in [0.4, 0.5) is 10.5 Å². The molecule has 0 atom stereocenters. The lowest BCUT2D eigenvalue weighted by atomic mass is 9.78. The maximum atomic E-state index is 11.3. The van der Waals surface area contributed by atoms with Crippen LogP contribution in [0.2, 0.25) is 0 Å². The van der Waals surface area contributed by atoms with E-state index in [9.17, 15) is 4.79 Å². The minimum absolute atomic E-state index is 0.0500. The number of carbonyl (C=O) groups is 1. The highest BCUT2D eigenvalue weighted by Gasteiger charge is 2.30. The Morgan fingerprint density at radius 3 is 2.56 bits per heavy atom. The Labute approximate surface area is 151 Å². The number of nitrogens with zero attached hydrogens (tertiary/aromatic N) is 2. The normalized spacial score (nSPS) is 23.9. The van der Waals surface area contributed by atoms with Crippen LogP contribution in [0.3, 0.4) is 0 Å². The number of urea groups is 1. The van der Waals surface area contributed by atoms with E-state index in [0.717, 1.165) is 44.9 Å². The molecule has 1 aliphatic heterocycles. The molecule has 1 saturated carbocycles. The number of amides is 2. The molecule has 1 saturated heterocycles. The van der Waals surface area contributed by atoms with Crippen molar-refractivity contribution in [3.8, 4) is 0 Å². The second-order valence-electron chi connectivity index (χ2n) is 7.59. The summed E-state index contributed by atoms with van der Waals surface area (Å²) in [4.78, 5) is 16.4. The number of nitrogens with one attached hydrogen (secondary N) is 2. The van der Waals surface area contributed by atoms with E-state index in [1.54, 1.807) is 7.05 Å². The summed E-state index contributed by atoms with van der Waals surface area (Å²) in [5.41, 5.74) is 4.20. The van der Waals surface area contributed by atoms with Crippen molar-refractivity contribution in [3.05, 3.63) is 29.3 Å². The zero-order chi connectivity index (χ0) is 17.8. The quantitative estimate of drug-likeness (QED) is 0.863. The van der Waals surface area contributed by atoms with Gasteiger partial charge < -0.3 is 15.5 Å². The largest absolute Gasteiger partial charge is 0.369 e. The Hall–Kier alpha value is -1.75. The molecule has 1 heterocycles. The van der Waals surface area contributed by atoms with Crippen molar-refractivity contribution < 1.29 is 4.79 Å². The van der Waals surface area contributed by atoms with E-state index >= 15 is 0 Å². The van der Waals surface area contributed by atoms with E-state index in [1.807, 2.05) is 0 Å². The van der Waals surface area contributed by atoms with Gasteiger partial charge in [0, 0.05) is 45.0 Å². The summed E-state index contributed by atoms with van der Waals surface area (Å²) < 4.78 is 0.